The van der Waals surface area contributed by atoms with E-state index in [2.05, 4.69) is 59.7 Å². The first kappa shape index (κ1) is 16.4. The van der Waals surface area contributed by atoms with Gasteiger partial charge in [0, 0.05) is 42.0 Å². The van der Waals surface area contributed by atoms with Crippen LogP contribution in [0.1, 0.15) is 11.1 Å². The molecule has 1 aromatic heterocycles. The van der Waals surface area contributed by atoms with Crippen LogP contribution in [0.4, 0.5) is 5.69 Å². The summed E-state index contributed by atoms with van der Waals surface area (Å²) in [5, 5.41) is 4.45. The maximum atomic E-state index is 5.32. The predicted octanol–water partition coefficient (Wildman–Crippen LogP) is 4.75. The number of rotatable bonds is 4. The molecule has 0 saturated heterocycles. The first-order valence-corrected chi connectivity index (χ1v) is 7.12. The van der Waals surface area contributed by atoms with Gasteiger partial charge >= 0.3 is 0 Å². The van der Waals surface area contributed by atoms with Crippen LogP contribution in [0.25, 0.3) is 22.2 Å². The molecule has 0 aliphatic heterocycles. The van der Waals surface area contributed by atoms with E-state index in [1.54, 1.807) is 7.11 Å². The van der Waals surface area contributed by atoms with E-state index >= 15 is 0 Å². The molecule has 0 bridgehead atoms. The molecule has 116 valence electrons. The molecule has 0 fully saturated rings. The lowest BCUT2D eigenvalue weighted by Gasteiger charge is -2.08. The lowest BCUT2D eigenvalue weighted by atomic mass is 10.0. The first-order valence-electron chi connectivity index (χ1n) is 7.12. The average molecular weight is 317 g/mol. The number of anilines is 1. The van der Waals surface area contributed by atoms with Crippen molar-refractivity contribution in [3.8, 4) is 11.3 Å². The number of methoxy groups -OCH3 is 1. The van der Waals surface area contributed by atoms with E-state index in [1.807, 2.05) is 7.05 Å². The minimum atomic E-state index is 0. The first-order chi connectivity index (χ1) is 10.2. The van der Waals surface area contributed by atoms with Gasteiger partial charge in [0.25, 0.3) is 0 Å². The van der Waals surface area contributed by atoms with Crippen LogP contribution in [0.5, 0.6) is 0 Å². The third-order valence-electron chi connectivity index (χ3n) is 3.93. The maximum Gasteiger partial charge on any atom is 0.0719 e. The van der Waals surface area contributed by atoms with Gasteiger partial charge in [-0.25, -0.2) is 0 Å². The van der Waals surface area contributed by atoms with E-state index in [4.69, 9.17) is 4.74 Å². The monoisotopic (exact) mass is 316 g/mol. The molecule has 0 spiro atoms. The summed E-state index contributed by atoms with van der Waals surface area (Å²) in [7, 11) is 3.67. The summed E-state index contributed by atoms with van der Waals surface area (Å²) in [5.41, 5.74) is 7.13. The number of benzene rings is 2. The highest BCUT2D eigenvalue weighted by Gasteiger charge is 2.12. The third kappa shape index (κ3) is 2.82. The molecule has 2 N–H and O–H groups in total. The molecule has 0 atom stereocenters. The molecule has 3 rings (SSSR count). The highest BCUT2D eigenvalue weighted by Crippen LogP contribution is 2.33. The smallest absolute Gasteiger partial charge is 0.0719 e. The Balaban J connectivity index is 0.00000176. The zero-order chi connectivity index (χ0) is 14.8. The molecule has 2 aromatic carbocycles. The molecule has 0 saturated carbocycles. The van der Waals surface area contributed by atoms with Crippen LogP contribution in [-0.2, 0) is 11.3 Å². The second-order valence-electron chi connectivity index (χ2n) is 5.23. The summed E-state index contributed by atoms with van der Waals surface area (Å²) in [6.45, 7) is 2.78. The number of ether oxygens (including phenoxy) is 1. The van der Waals surface area contributed by atoms with Crippen molar-refractivity contribution in [3.05, 3.63) is 53.6 Å². The minimum Gasteiger partial charge on any atom is -0.388 e. The van der Waals surface area contributed by atoms with Crippen LogP contribution >= 0.6 is 12.4 Å². The number of aromatic amines is 1. The molecule has 0 aliphatic rings. The Morgan fingerprint density at radius 3 is 2.64 bits per heavy atom. The topological polar surface area (TPSA) is 37.0 Å². The Morgan fingerprint density at radius 2 is 1.91 bits per heavy atom. The zero-order valence-electron chi connectivity index (χ0n) is 13.1. The van der Waals surface area contributed by atoms with Crippen LogP contribution in [0.15, 0.2) is 42.5 Å². The van der Waals surface area contributed by atoms with Gasteiger partial charge in [-0.15, -0.1) is 12.4 Å². The van der Waals surface area contributed by atoms with Crippen LogP contribution in [0.2, 0.25) is 0 Å². The fourth-order valence-electron chi connectivity index (χ4n) is 2.80. The van der Waals surface area contributed by atoms with Crippen molar-refractivity contribution < 1.29 is 4.74 Å². The van der Waals surface area contributed by atoms with Crippen molar-refractivity contribution >= 4 is 29.0 Å². The molecular formula is C18H21ClN2O. The van der Waals surface area contributed by atoms with Crippen molar-refractivity contribution in [1.29, 1.82) is 0 Å². The molecule has 4 heteroatoms. The Morgan fingerprint density at radius 1 is 1.14 bits per heavy atom. The molecule has 22 heavy (non-hydrogen) atoms. The average Bonchev–Trinajstić information content (AvgIpc) is 2.85. The molecular weight excluding hydrogens is 296 g/mol. The van der Waals surface area contributed by atoms with E-state index in [1.165, 1.54) is 27.8 Å². The van der Waals surface area contributed by atoms with Gasteiger partial charge in [-0.1, -0.05) is 24.3 Å². The summed E-state index contributed by atoms with van der Waals surface area (Å²) in [6, 6.07) is 14.8. The Hall–Kier alpha value is -1.97. The predicted molar refractivity (Wildman–Crippen MR) is 96.0 cm³/mol. The van der Waals surface area contributed by atoms with Crippen molar-refractivity contribution in [1.82, 2.24) is 4.98 Å². The van der Waals surface area contributed by atoms with Gasteiger partial charge in [0.1, 0.15) is 0 Å². The van der Waals surface area contributed by atoms with E-state index < -0.39 is 0 Å². The van der Waals surface area contributed by atoms with Crippen LogP contribution in [-0.4, -0.2) is 19.1 Å². The van der Waals surface area contributed by atoms with Gasteiger partial charge in [-0.2, -0.15) is 0 Å². The van der Waals surface area contributed by atoms with E-state index in [-0.39, 0.29) is 12.4 Å². The number of hydrogen-bond acceptors (Lipinski definition) is 2. The van der Waals surface area contributed by atoms with Crippen molar-refractivity contribution in [3.63, 3.8) is 0 Å². The molecule has 0 aliphatic carbocycles. The van der Waals surface area contributed by atoms with Crippen LogP contribution in [0.3, 0.4) is 0 Å². The van der Waals surface area contributed by atoms with Crippen molar-refractivity contribution in [2.45, 2.75) is 13.5 Å². The Bertz CT molecular complexity index is 780. The number of fused-ring (bicyclic) bond motifs is 1. The zero-order valence-corrected chi connectivity index (χ0v) is 13.9. The number of aromatic nitrogens is 1. The van der Waals surface area contributed by atoms with E-state index in [9.17, 15) is 0 Å². The normalized spacial score (nSPS) is 10.5. The van der Waals surface area contributed by atoms with Gasteiger partial charge in [0.15, 0.2) is 0 Å². The molecule has 0 unspecified atom stereocenters. The summed E-state index contributed by atoms with van der Waals surface area (Å²) in [4.78, 5) is 3.55. The van der Waals surface area contributed by atoms with Gasteiger partial charge in [0.2, 0.25) is 0 Å². The summed E-state index contributed by atoms with van der Waals surface area (Å²) < 4.78 is 5.32. The highest BCUT2D eigenvalue weighted by molar-refractivity contribution is 5.93. The lowest BCUT2D eigenvalue weighted by Crippen LogP contribution is -1.92. The highest BCUT2D eigenvalue weighted by atomic mass is 35.5. The number of H-pyrrole nitrogens is 1. The SMILES string of the molecule is CNc1ccc2[nH]c(-c3ccccc3COC)c(C)c2c1.Cl. The van der Waals surface area contributed by atoms with Gasteiger partial charge in [-0.3, -0.25) is 0 Å². The number of hydrogen-bond donors (Lipinski definition) is 2. The lowest BCUT2D eigenvalue weighted by molar-refractivity contribution is 0.185. The molecule has 3 nitrogen and oxygen atoms in total. The number of halogens is 1. The molecule has 1 heterocycles. The fraction of sp³-hybridized carbons (Fsp3) is 0.222. The van der Waals surface area contributed by atoms with Crippen LogP contribution < -0.4 is 5.32 Å². The van der Waals surface area contributed by atoms with E-state index in [0.717, 1.165) is 11.2 Å². The van der Waals surface area contributed by atoms with E-state index in [0.29, 0.717) is 6.61 Å². The number of nitrogens with one attached hydrogen (secondary N) is 2. The standard InChI is InChI=1S/C18H20N2O.ClH/c1-12-16-10-14(19-2)8-9-17(16)20-18(12)15-7-5-4-6-13(15)11-21-3;/h4-10,19-20H,11H2,1-3H3;1H. The third-order valence-corrected chi connectivity index (χ3v) is 3.93. The maximum absolute atomic E-state index is 5.32. The largest absolute Gasteiger partial charge is 0.388 e. The molecule has 3 aromatic rings. The quantitative estimate of drug-likeness (QED) is 0.728. The summed E-state index contributed by atoms with van der Waals surface area (Å²) in [6.07, 6.45) is 0. The summed E-state index contributed by atoms with van der Waals surface area (Å²) >= 11 is 0. The molecule has 0 radical (unpaired) electrons. The van der Waals surface area contributed by atoms with Gasteiger partial charge in [-0.05, 0) is 36.2 Å². The Kier molecular flexibility index (Phi) is 5.11. The Labute approximate surface area is 137 Å². The second-order valence-corrected chi connectivity index (χ2v) is 5.23. The number of aryl methyl sites for hydroxylation is 1. The van der Waals surface area contributed by atoms with Crippen molar-refractivity contribution in [2.75, 3.05) is 19.5 Å². The second kappa shape index (κ2) is 6.86. The summed E-state index contributed by atoms with van der Waals surface area (Å²) in [5.74, 6) is 0. The van der Waals surface area contributed by atoms with Gasteiger partial charge < -0.3 is 15.0 Å². The minimum absolute atomic E-state index is 0. The van der Waals surface area contributed by atoms with Gasteiger partial charge in [0.05, 0.1) is 6.61 Å². The van der Waals surface area contributed by atoms with Crippen LogP contribution in [0, 0.1) is 6.92 Å². The molecule has 0 amide bonds. The fourth-order valence-corrected chi connectivity index (χ4v) is 2.80. The van der Waals surface area contributed by atoms with Crippen molar-refractivity contribution in [2.24, 2.45) is 0 Å².